The molecule has 192 valence electrons. The first kappa shape index (κ1) is 27.7. The molecule has 0 aromatic heterocycles. The summed E-state index contributed by atoms with van der Waals surface area (Å²) in [7, 11) is 0. The molecule has 3 atom stereocenters. The topological polar surface area (TPSA) is 55.8 Å². The monoisotopic (exact) mass is 504 g/mol. The summed E-state index contributed by atoms with van der Waals surface area (Å²) in [5, 5.41) is 10.7. The first-order valence-electron chi connectivity index (χ1n) is 9.90. The van der Waals surface area contributed by atoms with Crippen molar-refractivity contribution in [1.29, 1.82) is 0 Å². The standard InChI is InChI=1S/C19H22F10O4/c1-4-13(18(24,25)26)15(20,21)14(31,11-8-6-5-7-9-11)16(22,23)17(33-13,19(27,28)29)32-12(30)10(2)3/h11,31H,2,4-9H2,1,3H3. The van der Waals surface area contributed by atoms with Crippen molar-refractivity contribution in [3.63, 3.8) is 0 Å². The molecule has 1 aliphatic carbocycles. The zero-order chi connectivity index (χ0) is 25.9. The summed E-state index contributed by atoms with van der Waals surface area (Å²) in [5.41, 5.74) is -11.5. The maximum absolute atomic E-state index is 15.6. The Hall–Kier alpha value is -1.57. The van der Waals surface area contributed by atoms with Gasteiger partial charge in [-0.3, -0.25) is 0 Å². The van der Waals surface area contributed by atoms with E-state index in [2.05, 4.69) is 16.1 Å². The van der Waals surface area contributed by atoms with Crippen LogP contribution in [0.25, 0.3) is 0 Å². The molecule has 1 aliphatic heterocycles. The molecule has 0 bridgehead atoms. The third-order valence-electron chi connectivity index (χ3n) is 6.31. The van der Waals surface area contributed by atoms with Crippen LogP contribution < -0.4 is 0 Å². The third kappa shape index (κ3) is 3.45. The van der Waals surface area contributed by atoms with Crippen molar-refractivity contribution in [3.8, 4) is 0 Å². The summed E-state index contributed by atoms with van der Waals surface area (Å²) in [6, 6.07) is 0. The zero-order valence-corrected chi connectivity index (χ0v) is 17.5. The van der Waals surface area contributed by atoms with E-state index in [1.165, 1.54) is 0 Å². The average Bonchev–Trinajstić information content (AvgIpc) is 2.67. The lowest BCUT2D eigenvalue weighted by molar-refractivity contribution is -0.562. The van der Waals surface area contributed by atoms with E-state index in [0.717, 1.165) is 0 Å². The molecule has 2 rings (SSSR count). The van der Waals surface area contributed by atoms with Crippen molar-refractivity contribution < 1.29 is 63.3 Å². The molecule has 0 radical (unpaired) electrons. The Kier molecular flexibility index (Phi) is 6.70. The summed E-state index contributed by atoms with van der Waals surface area (Å²) in [4.78, 5) is 11.9. The molecule has 1 saturated carbocycles. The quantitative estimate of drug-likeness (QED) is 0.304. The smallest absolute Gasteiger partial charge is 0.414 e. The first-order valence-corrected chi connectivity index (χ1v) is 9.90. The van der Waals surface area contributed by atoms with E-state index in [9.17, 15) is 36.2 Å². The number of alkyl halides is 10. The second-order valence-corrected chi connectivity index (χ2v) is 8.31. The highest BCUT2D eigenvalue weighted by molar-refractivity contribution is 5.87. The average molecular weight is 504 g/mol. The molecule has 1 saturated heterocycles. The highest BCUT2D eigenvalue weighted by Gasteiger charge is 2.97. The minimum atomic E-state index is -6.69. The summed E-state index contributed by atoms with van der Waals surface area (Å²) < 4.78 is 154. The second kappa shape index (κ2) is 7.99. The van der Waals surface area contributed by atoms with Gasteiger partial charge >= 0.3 is 36.0 Å². The van der Waals surface area contributed by atoms with Gasteiger partial charge in [0.05, 0.1) is 0 Å². The Bertz CT molecular complexity index is 786. The Morgan fingerprint density at radius 3 is 1.85 bits per heavy atom. The van der Waals surface area contributed by atoms with Gasteiger partial charge in [-0.2, -0.15) is 43.9 Å². The Labute approximate surface area is 181 Å². The predicted octanol–water partition coefficient (Wildman–Crippen LogP) is 5.69. The van der Waals surface area contributed by atoms with Gasteiger partial charge in [0.25, 0.3) is 0 Å². The second-order valence-electron chi connectivity index (χ2n) is 8.31. The van der Waals surface area contributed by atoms with E-state index in [0.29, 0.717) is 13.8 Å². The minimum Gasteiger partial charge on any atom is -0.414 e. The Morgan fingerprint density at radius 2 is 1.48 bits per heavy atom. The molecule has 2 fully saturated rings. The van der Waals surface area contributed by atoms with Crippen LogP contribution in [0, 0.1) is 5.92 Å². The number of ether oxygens (including phenoxy) is 2. The normalized spacial score (nSPS) is 35.2. The zero-order valence-electron chi connectivity index (χ0n) is 17.5. The van der Waals surface area contributed by atoms with Gasteiger partial charge in [-0.1, -0.05) is 32.8 Å². The van der Waals surface area contributed by atoms with E-state index in [4.69, 9.17) is 0 Å². The number of carbonyl (C=O) groups is 1. The number of aliphatic hydroxyl groups is 1. The minimum absolute atomic E-state index is 0.115. The van der Waals surface area contributed by atoms with Crippen LogP contribution in [0.5, 0.6) is 0 Å². The summed E-state index contributed by atoms with van der Waals surface area (Å²) in [5.74, 6) is -22.8. The van der Waals surface area contributed by atoms with Crippen molar-refractivity contribution in [2.75, 3.05) is 0 Å². The van der Waals surface area contributed by atoms with E-state index in [1.807, 2.05) is 0 Å². The fraction of sp³-hybridized carbons (Fsp3) is 0.842. The van der Waals surface area contributed by atoms with Crippen LogP contribution in [0.1, 0.15) is 52.4 Å². The lowest BCUT2D eigenvalue weighted by Gasteiger charge is -2.62. The highest BCUT2D eigenvalue weighted by Crippen LogP contribution is 2.69. The molecule has 0 aromatic carbocycles. The third-order valence-corrected chi connectivity index (χ3v) is 6.31. The summed E-state index contributed by atoms with van der Waals surface area (Å²) in [6.07, 6.45) is -16.5. The molecule has 0 spiro atoms. The van der Waals surface area contributed by atoms with Gasteiger partial charge in [0.2, 0.25) is 11.2 Å². The predicted molar refractivity (Wildman–Crippen MR) is 91.3 cm³/mol. The molecule has 0 aromatic rings. The van der Waals surface area contributed by atoms with E-state index >= 15 is 17.6 Å². The number of hydrogen-bond acceptors (Lipinski definition) is 4. The van der Waals surface area contributed by atoms with E-state index in [-0.39, 0.29) is 19.3 Å². The molecule has 1 N–H and O–H groups in total. The molecule has 1 heterocycles. The summed E-state index contributed by atoms with van der Waals surface area (Å²) >= 11 is 0. The SMILES string of the molecule is C=C(C)C(=O)OC1(C(F)(F)F)OC(CC)(C(F)(F)F)C(F)(F)C(O)(C2CCCCC2)C1(F)F. The van der Waals surface area contributed by atoms with Gasteiger partial charge in [0, 0.05) is 11.5 Å². The first-order chi connectivity index (χ1) is 14.7. The molecule has 4 nitrogen and oxygen atoms in total. The van der Waals surface area contributed by atoms with Crippen LogP contribution in [0.3, 0.4) is 0 Å². The molecule has 2 aliphatic rings. The molecule has 3 unspecified atom stereocenters. The van der Waals surface area contributed by atoms with Gasteiger partial charge in [0.15, 0.2) is 0 Å². The Morgan fingerprint density at radius 1 is 1.00 bits per heavy atom. The number of halogens is 10. The largest absolute Gasteiger partial charge is 0.462 e. The number of esters is 1. The molecular formula is C19H22F10O4. The highest BCUT2D eigenvalue weighted by atomic mass is 19.4. The van der Waals surface area contributed by atoms with Crippen molar-refractivity contribution in [2.45, 2.75) is 93.6 Å². The van der Waals surface area contributed by atoms with Gasteiger partial charge in [-0.25, -0.2) is 4.79 Å². The van der Waals surface area contributed by atoms with E-state index in [1.54, 1.807) is 0 Å². The molecule has 14 heteroatoms. The van der Waals surface area contributed by atoms with Crippen molar-refractivity contribution >= 4 is 5.97 Å². The lowest BCUT2D eigenvalue weighted by atomic mass is 9.61. The number of carbonyl (C=O) groups excluding carboxylic acids is 1. The number of hydrogen-bond donors (Lipinski definition) is 1. The van der Waals surface area contributed by atoms with Gasteiger partial charge in [0.1, 0.15) is 0 Å². The molecule has 33 heavy (non-hydrogen) atoms. The maximum atomic E-state index is 15.6. The molecular weight excluding hydrogens is 482 g/mol. The fourth-order valence-electron chi connectivity index (χ4n) is 4.49. The van der Waals surface area contributed by atoms with Crippen molar-refractivity contribution in [1.82, 2.24) is 0 Å². The molecule has 0 amide bonds. The van der Waals surface area contributed by atoms with Gasteiger partial charge in [-0.15, -0.1) is 0 Å². The van der Waals surface area contributed by atoms with Crippen LogP contribution in [0.15, 0.2) is 12.2 Å². The Balaban J connectivity index is 3.02. The van der Waals surface area contributed by atoms with Crippen LogP contribution in [0.2, 0.25) is 0 Å². The maximum Gasteiger partial charge on any atom is 0.462 e. The van der Waals surface area contributed by atoms with Gasteiger partial charge < -0.3 is 14.6 Å². The lowest BCUT2D eigenvalue weighted by Crippen LogP contribution is -2.89. The fourth-order valence-corrected chi connectivity index (χ4v) is 4.49. The van der Waals surface area contributed by atoms with E-state index < -0.39 is 77.9 Å². The van der Waals surface area contributed by atoms with Crippen LogP contribution in [-0.2, 0) is 14.3 Å². The van der Waals surface area contributed by atoms with Gasteiger partial charge in [-0.05, 0) is 26.2 Å². The van der Waals surface area contributed by atoms with Crippen molar-refractivity contribution in [2.24, 2.45) is 5.92 Å². The van der Waals surface area contributed by atoms with Crippen molar-refractivity contribution in [3.05, 3.63) is 12.2 Å². The van der Waals surface area contributed by atoms with Crippen LogP contribution in [-0.4, -0.2) is 52.3 Å². The summed E-state index contributed by atoms with van der Waals surface area (Å²) in [6.45, 7) is 3.88. The van der Waals surface area contributed by atoms with Crippen LogP contribution in [0.4, 0.5) is 43.9 Å². The van der Waals surface area contributed by atoms with Crippen LogP contribution >= 0.6 is 0 Å². The number of rotatable bonds is 4.